The third kappa shape index (κ3) is 2.62. The normalized spacial score (nSPS) is 15.0. The second kappa shape index (κ2) is 6.48. The summed E-state index contributed by atoms with van der Waals surface area (Å²) in [6, 6.07) is 13.2. The number of aryl methyl sites for hydroxylation is 1. The van der Waals surface area contributed by atoms with Gasteiger partial charge in [0.2, 0.25) is 0 Å². The van der Waals surface area contributed by atoms with Crippen molar-refractivity contribution < 1.29 is 13.2 Å². The van der Waals surface area contributed by atoms with Crippen molar-refractivity contribution in [3.05, 3.63) is 81.9 Å². The van der Waals surface area contributed by atoms with Gasteiger partial charge in [0.05, 0.1) is 5.02 Å². The summed E-state index contributed by atoms with van der Waals surface area (Å²) in [5.74, 6) is -0.980. The number of benzene rings is 3. The fourth-order valence-corrected chi connectivity index (χ4v) is 3.73. The molecule has 1 unspecified atom stereocenters. The van der Waals surface area contributed by atoms with E-state index < -0.39 is 17.8 Å². The number of hydrogen-bond acceptors (Lipinski definition) is 0. The lowest BCUT2D eigenvalue weighted by atomic mass is 9.98. The quantitative estimate of drug-likeness (QED) is 0.453. The second-order valence-corrected chi connectivity index (χ2v) is 6.95. The van der Waals surface area contributed by atoms with Crippen LogP contribution in [-0.4, -0.2) is 0 Å². The van der Waals surface area contributed by atoms with E-state index in [2.05, 4.69) is 0 Å². The van der Waals surface area contributed by atoms with Crippen LogP contribution >= 0.6 is 11.6 Å². The van der Waals surface area contributed by atoms with Crippen molar-refractivity contribution in [2.75, 3.05) is 0 Å². The Hall–Kier alpha value is -2.26. The topological polar surface area (TPSA) is 0 Å². The van der Waals surface area contributed by atoms with Gasteiger partial charge in [-0.1, -0.05) is 55.3 Å². The Morgan fingerprint density at radius 2 is 1.62 bits per heavy atom. The number of hydrogen-bond donors (Lipinski definition) is 0. The van der Waals surface area contributed by atoms with Gasteiger partial charge < -0.3 is 0 Å². The third-order valence-corrected chi connectivity index (χ3v) is 5.21. The summed E-state index contributed by atoms with van der Waals surface area (Å²) in [5.41, 5.74) is 3.63. The summed E-state index contributed by atoms with van der Waals surface area (Å²) in [6.07, 6.45) is -0.141. The maximum atomic E-state index is 15.1. The molecular formula is C22H16ClF3. The van der Waals surface area contributed by atoms with Gasteiger partial charge in [0, 0.05) is 5.56 Å². The van der Waals surface area contributed by atoms with E-state index in [4.69, 9.17) is 11.6 Å². The van der Waals surface area contributed by atoms with E-state index in [0.29, 0.717) is 39.8 Å². The van der Waals surface area contributed by atoms with Crippen LogP contribution in [0.15, 0.2) is 48.5 Å². The molecule has 0 radical (unpaired) electrons. The summed E-state index contributed by atoms with van der Waals surface area (Å²) >= 11 is 5.73. The molecule has 0 saturated heterocycles. The highest BCUT2D eigenvalue weighted by Gasteiger charge is 2.32. The molecule has 0 heterocycles. The fraction of sp³-hybridized carbons (Fsp3) is 0.182. The van der Waals surface area contributed by atoms with E-state index >= 15 is 4.39 Å². The van der Waals surface area contributed by atoms with E-state index in [9.17, 15) is 8.78 Å². The number of halogens is 4. The molecule has 1 atom stereocenters. The van der Waals surface area contributed by atoms with Crippen LogP contribution in [0.2, 0.25) is 5.02 Å². The molecule has 0 aromatic heterocycles. The SMILES string of the molecule is CCCc1ccc2c(c1F)C(F)c1cc(-c3ccc(Cl)c(F)c3)ccc1-2. The van der Waals surface area contributed by atoms with Gasteiger partial charge in [-0.05, 0) is 58.0 Å². The number of alkyl halides is 1. The summed E-state index contributed by atoms with van der Waals surface area (Å²) in [7, 11) is 0. The molecule has 132 valence electrons. The standard InChI is InChI=1S/C22H16ClF3/c1-2-3-12-4-8-16-15-7-5-13(14-6-9-18(23)19(24)11-14)10-17(15)22(26)20(16)21(12)25/h4-11,22H,2-3H2,1H3. The molecule has 0 amide bonds. The fourth-order valence-electron chi connectivity index (χ4n) is 3.61. The smallest absolute Gasteiger partial charge is 0.154 e. The summed E-state index contributed by atoms with van der Waals surface area (Å²) in [6.45, 7) is 1.96. The summed E-state index contributed by atoms with van der Waals surface area (Å²) in [4.78, 5) is 0. The first-order valence-corrected chi connectivity index (χ1v) is 8.94. The molecule has 1 aliphatic carbocycles. The molecule has 0 bridgehead atoms. The van der Waals surface area contributed by atoms with Crippen LogP contribution in [0.3, 0.4) is 0 Å². The lowest BCUT2D eigenvalue weighted by Crippen LogP contribution is -1.98. The van der Waals surface area contributed by atoms with Gasteiger partial charge >= 0.3 is 0 Å². The third-order valence-electron chi connectivity index (χ3n) is 4.90. The molecule has 4 rings (SSSR count). The molecule has 0 nitrogen and oxygen atoms in total. The van der Waals surface area contributed by atoms with E-state index in [1.165, 1.54) is 12.1 Å². The van der Waals surface area contributed by atoms with Crippen LogP contribution in [0.1, 0.15) is 36.2 Å². The summed E-state index contributed by atoms with van der Waals surface area (Å²) in [5, 5.41) is 0.0382. The van der Waals surface area contributed by atoms with E-state index in [1.54, 1.807) is 36.4 Å². The number of fused-ring (bicyclic) bond motifs is 3. The van der Waals surface area contributed by atoms with Gasteiger partial charge in [-0.25, -0.2) is 13.2 Å². The molecule has 0 spiro atoms. The minimum absolute atomic E-state index is 0.0382. The predicted octanol–water partition coefficient (Wildman–Crippen LogP) is 7.28. The van der Waals surface area contributed by atoms with Crippen LogP contribution in [0.5, 0.6) is 0 Å². The van der Waals surface area contributed by atoms with Crippen molar-refractivity contribution in [1.29, 1.82) is 0 Å². The van der Waals surface area contributed by atoms with Crippen molar-refractivity contribution in [1.82, 2.24) is 0 Å². The van der Waals surface area contributed by atoms with Gasteiger partial charge in [0.25, 0.3) is 0 Å². The molecular weight excluding hydrogens is 357 g/mol. The first kappa shape index (κ1) is 17.2. The molecule has 0 N–H and O–H groups in total. The highest BCUT2D eigenvalue weighted by atomic mass is 35.5. The Balaban J connectivity index is 1.81. The molecule has 3 aromatic carbocycles. The van der Waals surface area contributed by atoms with Gasteiger partial charge in [-0.15, -0.1) is 0 Å². The molecule has 4 heteroatoms. The van der Waals surface area contributed by atoms with Crippen LogP contribution in [0.25, 0.3) is 22.3 Å². The maximum absolute atomic E-state index is 15.1. The molecule has 3 aromatic rings. The molecule has 0 fully saturated rings. The Morgan fingerprint density at radius 1 is 0.923 bits per heavy atom. The van der Waals surface area contributed by atoms with Crippen LogP contribution in [0, 0.1) is 11.6 Å². The maximum Gasteiger partial charge on any atom is 0.154 e. The monoisotopic (exact) mass is 372 g/mol. The zero-order valence-corrected chi connectivity index (χ0v) is 14.9. The Morgan fingerprint density at radius 3 is 2.35 bits per heavy atom. The first-order valence-electron chi connectivity index (χ1n) is 8.56. The largest absolute Gasteiger partial charge is 0.237 e. The lowest BCUT2D eigenvalue weighted by molar-refractivity contribution is 0.394. The molecule has 26 heavy (non-hydrogen) atoms. The van der Waals surface area contributed by atoms with Crippen molar-refractivity contribution >= 4 is 11.6 Å². The zero-order chi connectivity index (χ0) is 18.4. The van der Waals surface area contributed by atoms with E-state index in [-0.39, 0.29) is 10.6 Å². The minimum atomic E-state index is -1.52. The average molecular weight is 373 g/mol. The van der Waals surface area contributed by atoms with Crippen molar-refractivity contribution in [3.63, 3.8) is 0 Å². The lowest BCUT2D eigenvalue weighted by Gasteiger charge is -2.09. The van der Waals surface area contributed by atoms with Crippen LogP contribution < -0.4 is 0 Å². The summed E-state index contributed by atoms with van der Waals surface area (Å²) < 4.78 is 43.6. The highest BCUT2D eigenvalue weighted by molar-refractivity contribution is 6.30. The first-order chi connectivity index (χ1) is 12.5. The van der Waals surface area contributed by atoms with Gasteiger partial charge in [0.1, 0.15) is 11.6 Å². The second-order valence-electron chi connectivity index (χ2n) is 6.54. The molecule has 0 aliphatic heterocycles. The van der Waals surface area contributed by atoms with Crippen molar-refractivity contribution in [2.45, 2.75) is 25.9 Å². The Kier molecular flexibility index (Phi) is 4.28. The van der Waals surface area contributed by atoms with Gasteiger partial charge in [-0.2, -0.15) is 0 Å². The van der Waals surface area contributed by atoms with Crippen LogP contribution in [0.4, 0.5) is 13.2 Å². The number of rotatable bonds is 3. The zero-order valence-electron chi connectivity index (χ0n) is 14.1. The molecule has 1 aliphatic rings. The predicted molar refractivity (Wildman–Crippen MR) is 99.2 cm³/mol. The highest BCUT2D eigenvalue weighted by Crippen LogP contribution is 2.48. The van der Waals surface area contributed by atoms with Crippen molar-refractivity contribution in [2.24, 2.45) is 0 Å². The van der Waals surface area contributed by atoms with Gasteiger partial charge in [-0.3, -0.25) is 0 Å². The van der Waals surface area contributed by atoms with Crippen LogP contribution in [-0.2, 0) is 6.42 Å². The van der Waals surface area contributed by atoms with Gasteiger partial charge in [0.15, 0.2) is 6.17 Å². The molecule has 0 saturated carbocycles. The Labute approximate surface area is 155 Å². The van der Waals surface area contributed by atoms with E-state index in [1.807, 2.05) is 6.92 Å². The average Bonchev–Trinajstić information content (AvgIpc) is 2.92. The Bertz CT molecular complexity index is 1010. The van der Waals surface area contributed by atoms with E-state index in [0.717, 1.165) is 6.42 Å². The minimum Gasteiger partial charge on any atom is -0.237 e. The van der Waals surface area contributed by atoms with Crippen molar-refractivity contribution in [3.8, 4) is 22.3 Å².